The van der Waals surface area contributed by atoms with Crippen LogP contribution in [-0.4, -0.2) is 36.4 Å². The number of carbonyl (C=O) groups excluding carboxylic acids is 2. The van der Waals surface area contributed by atoms with Gasteiger partial charge in [-0.3, -0.25) is 4.79 Å². The predicted molar refractivity (Wildman–Crippen MR) is 98.1 cm³/mol. The number of aliphatic hydroxyl groups is 1. The van der Waals surface area contributed by atoms with E-state index in [1.165, 1.54) is 32.6 Å². The van der Waals surface area contributed by atoms with Crippen molar-refractivity contribution in [1.29, 1.82) is 0 Å². The molecule has 4 aliphatic carbocycles. The van der Waals surface area contributed by atoms with Gasteiger partial charge < -0.3 is 15.2 Å². The standard InChI is InChI=1S/C19H31NO2.C2H4O/c1-19-7-6-11(20-2)8-16(19)18(22)9-14-12-4-3-5-13(12)17(21)10-15(14)19;1-2-3/h11-16,18,20,22H,3-10H2,1-2H3;2H,1H3/t11?,12?,13?,14?,15?,16?,18-,19+;/m0./s1. The highest BCUT2D eigenvalue weighted by molar-refractivity contribution is 5.83. The van der Waals surface area contributed by atoms with Gasteiger partial charge in [-0.15, -0.1) is 0 Å². The van der Waals surface area contributed by atoms with E-state index in [0.29, 0.717) is 41.4 Å². The molecule has 0 heterocycles. The number of aliphatic hydroxyl groups excluding tert-OH is 1. The summed E-state index contributed by atoms with van der Waals surface area (Å²) in [6.45, 7) is 3.84. The fourth-order valence-corrected chi connectivity index (χ4v) is 6.91. The number of rotatable bonds is 1. The third-order valence-electron chi connectivity index (χ3n) is 8.12. The van der Waals surface area contributed by atoms with E-state index in [1.54, 1.807) is 0 Å². The Morgan fingerprint density at radius 1 is 1.16 bits per heavy atom. The van der Waals surface area contributed by atoms with Gasteiger partial charge in [0.1, 0.15) is 12.1 Å². The zero-order chi connectivity index (χ0) is 18.2. The van der Waals surface area contributed by atoms with Gasteiger partial charge >= 0.3 is 0 Å². The molecule has 0 bridgehead atoms. The Morgan fingerprint density at radius 2 is 1.88 bits per heavy atom. The molecule has 4 fully saturated rings. The van der Waals surface area contributed by atoms with Gasteiger partial charge in [-0.05, 0) is 81.6 Å². The molecule has 0 amide bonds. The fourth-order valence-electron chi connectivity index (χ4n) is 6.91. The lowest BCUT2D eigenvalue weighted by Crippen LogP contribution is -2.58. The van der Waals surface area contributed by atoms with Crippen LogP contribution in [-0.2, 0) is 9.59 Å². The van der Waals surface area contributed by atoms with Crippen LogP contribution in [0.25, 0.3) is 0 Å². The van der Waals surface area contributed by atoms with E-state index in [1.807, 2.05) is 7.05 Å². The van der Waals surface area contributed by atoms with E-state index in [2.05, 4.69) is 12.2 Å². The molecule has 4 nitrogen and oxygen atoms in total. The minimum atomic E-state index is -0.156. The van der Waals surface area contributed by atoms with Crippen molar-refractivity contribution in [2.24, 2.45) is 35.0 Å². The molecule has 142 valence electrons. The molecule has 0 aromatic carbocycles. The third-order valence-corrected chi connectivity index (χ3v) is 8.12. The maximum absolute atomic E-state index is 12.7. The van der Waals surface area contributed by atoms with Gasteiger partial charge in [-0.2, -0.15) is 0 Å². The maximum Gasteiger partial charge on any atom is 0.136 e. The molecule has 0 aromatic rings. The van der Waals surface area contributed by atoms with Crippen LogP contribution in [0.4, 0.5) is 0 Å². The second kappa shape index (κ2) is 7.48. The van der Waals surface area contributed by atoms with Crippen LogP contribution in [0.15, 0.2) is 0 Å². The first kappa shape index (κ1) is 19.0. The third kappa shape index (κ3) is 3.21. The Bertz CT molecular complexity index is 507. The summed E-state index contributed by atoms with van der Waals surface area (Å²) >= 11 is 0. The van der Waals surface area contributed by atoms with E-state index >= 15 is 0 Å². The molecule has 0 aromatic heterocycles. The molecular weight excluding hydrogens is 314 g/mol. The molecule has 2 N–H and O–H groups in total. The number of aldehydes is 1. The van der Waals surface area contributed by atoms with E-state index in [-0.39, 0.29) is 11.5 Å². The van der Waals surface area contributed by atoms with Crippen molar-refractivity contribution >= 4 is 12.1 Å². The van der Waals surface area contributed by atoms with Crippen molar-refractivity contribution in [3.8, 4) is 0 Å². The second-order valence-electron chi connectivity index (χ2n) is 9.05. The van der Waals surface area contributed by atoms with Crippen LogP contribution in [0, 0.1) is 35.0 Å². The van der Waals surface area contributed by atoms with Gasteiger partial charge in [0.2, 0.25) is 0 Å². The highest BCUT2D eigenvalue weighted by atomic mass is 16.3. The zero-order valence-corrected chi connectivity index (χ0v) is 16.0. The van der Waals surface area contributed by atoms with E-state index < -0.39 is 0 Å². The van der Waals surface area contributed by atoms with Gasteiger partial charge in [0.25, 0.3) is 0 Å². The summed E-state index contributed by atoms with van der Waals surface area (Å²) in [5.74, 6) is 2.99. The number of Topliss-reactive ketones (excluding diaryl/α,β-unsaturated/α-hetero) is 1. The van der Waals surface area contributed by atoms with Crippen LogP contribution in [0.5, 0.6) is 0 Å². The highest BCUT2D eigenvalue weighted by Crippen LogP contribution is 2.62. The molecule has 4 saturated carbocycles. The number of nitrogens with one attached hydrogen (secondary N) is 1. The monoisotopic (exact) mass is 349 g/mol. The Balaban J connectivity index is 0.000000569. The molecule has 4 aliphatic rings. The van der Waals surface area contributed by atoms with Gasteiger partial charge in [0.05, 0.1) is 6.10 Å². The van der Waals surface area contributed by atoms with Gasteiger partial charge in [-0.25, -0.2) is 0 Å². The van der Waals surface area contributed by atoms with E-state index in [0.717, 1.165) is 32.0 Å². The summed E-state index contributed by atoms with van der Waals surface area (Å²) in [5, 5.41) is 14.3. The second-order valence-corrected chi connectivity index (χ2v) is 9.05. The lowest BCUT2D eigenvalue weighted by Gasteiger charge is -2.60. The first-order valence-electron chi connectivity index (χ1n) is 10.2. The van der Waals surface area contributed by atoms with Crippen LogP contribution < -0.4 is 5.32 Å². The number of fused-ring (bicyclic) bond motifs is 5. The number of carbonyl (C=O) groups is 2. The predicted octanol–water partition coefficient (Wildman–Crippen LogP) is 2.97. The lowest BCUT2D eigenvalue weighted by molar-refractivity contribution is -0.160. The summed E-state index contributed by atoms with van der Waals surface area (Å²) in [7, 11) is 2.04. The van der Waals surface area contributed by atoms with Crippen LogP contribution in [0.1, 0.15) is 65.2 Å². The van der Waals surface area contributed by atoms with Crippen LogP contribution >= 0.6 is 0 Å². The molecule has 6 unspecified atom stereocenters. The molecule has 4 rings (SSSR count). The summed E-state index contributed by atoms with van der Waals surface area (Å²) in [6, 6.07) is 0.544. The maximum atomic E-state index is 12.7. The smallest absolute Gasteiger partial charge is 0.136 e. The molecule has 8 atom stereocenters. The lowest BCUT2D eigenvalue weighted by atomic mass is 9.46. The Kier molecular flexibility index (Phi) is 5.69. The molecule has 0 spiro atoms. The quantitative estimate of drug-likeness (QED) is 0.714. The van der Waals surface area contributed by atoms with Gasteiger partial charge in [0.15, 0.2) is 0 Å². The van der Waals surface area contributed by atoms with Crippen molar-refractivity contribution in [2.45, 2.75) is 77.4 Å². The first-order chi connectivity index (χ1) is 12.0. The van der Waals surface area contributed by atoms with Crippen molar-refractivity contribution in [3.05, 3.63) is 0 Å². The Labute approximate surface area is 152 Å². The van der Waals surface area contributed by atoms with Crippen molar-refractivity contribution in [1.82, 2.24) is 5.32 Å². The summed E-state index contributed by atoms with van der Waals surface area (Å²) < 4.78 is 0. The van der Waals surface area contributed by atoms with Crippen molar-refractivity contribution in [2.75, 3.05) is 7.05 Å². The SMILES string of the molecule is CC=O.CNC1CC[C@]2(C)C3CC(=O)C4CCCC4C3C[C@H](O)C2C1. The minimum Gasteiger partial charge on any atom is -0.393 e. The zero-order valence-electron chi connectivity index (χ0n) is 16.0. The largest absolute Gasteiger partial charge is 0.393 e. The van der Waals surface area contributed by atoms with E-state index in [9.17, 15) is 9.90 Å². The molecule has 0 saturated heterocycles. The number of hydrogen-bond donors (Lipinski definition) is 2. The van der Waals surface area contributed by atoms with Crippen LogP contribution in [0.2, 0.25) is 0 Å². The summed E-state index contributed by atoms with van der Waals surface area (Å²) in [6.07, 6.45) is 9.37. The first-order valence-corrected chi connectivity index (χ1v) is 10.2. The normalized spacial score (nSPS) is 48.5. The molecular formula is C21H35NO3. The topological polar surface area (TPSA) is 66.4 Å². The molecule has 4 heteroatoms. The molecule has 0 aliphatic heterocycles. The average molecular weight is 350 g/mol. The molecule has 0 radical (unpaired) electrons. The minimum absolute atomic E-state index is 0.156. The number of ketones is 1. The Morgan fingerprint density at radius 3 is 2.56 bits per heavy atom. The van der Waals surface area contributed by atoms with Crippen LogP contribution in [0.3, 0.4) is 0 Å². The fraction of sp³-hybridized carbons (Fsp3) is 0.905. The van der Waals surface area contributed by atoms with Crippen molar-refractivity contribution < 1.29 is 14.7 Å². The Hall–Kier alpha value is -0.740. The number of hydrogen-bond acceptors (Lipinski definition) is 4. The van der Waals surface area contributed by atoms with Crippen molar-refractivity contribution in [3.63, 3.8) is 0 Å². The van der Waals surface area contributed by atoms with E-state index in [4.69, 9.17) is 4.79 Å². The average Bonchev–Trinajstić information content (AvgIpc) is 3.08. The summed E-state index contributed by atoms with van der Waals surface area (Å²) in [4.78, 5) is 21.5. The molecule has 25 heavy (non-hydrogen) atoms. The summed E-state index contributed by atoms with van der Waals surface area (Å²) in [5.41, 5.74) is 0.179. The van der Waals surface area contributed by atoms with Gasteiger partial charge in [-0.1, -0.05) is 13.3 Å². The van der Waals surface area contributed by atoms with Gasteiger partial charge in [0, 0.05) is 18.4 Å². The highest BCUT2D eigenvalue weighted by Gasteiger charge is 2.59.